The number of sulfonamides is 1. The lowest BCUT2D eigenvalue weighted by atomic mass is 10.1. The van der Waals surface area contributed by atoms with Gasteiger partial charge >= 0.3 is 24.1 Å². The van der Waals surface area contributed by atoms with Gasteiger partial charge in [-0.3, -0.25) is 10.0 Å². The fourth-order valence-electron chi connectivity index (χ4n) is 2.18. The Morgan fingerprint density at radius 3 is 2.13 bits per heavy atom. The Hall–Kier alpha value is -2.75. The van der Waals surface area contributed by atoms with Crippen molar-refractivity contribution in [2.24, 2.45) is 0 Å². The smallest absolute Gasteiger partial charge is 0.439 e. The van der Waals surface area contributed by atoms with Gasteiger partial charge in [-0.25, -0.2) is 18.2 Å². The Balaban J connectivity index is 2.37. The second-order valence-electron chi connectivity index (χ2n) is 5.68. The minimum atomic E-state index is -6.05. The van der Waals surface area contributed by atoms with Gasteiger partial charge in [-0.15, -0.1) is 11.3 Å². The summed E-state index contributed by atoms with van der Waals surface area (Å²) in [5.41, 5.74) is -5.68. The summed E-state index contributed by atoms with van der Waals surface area (Å²) in [7, 11) is -4.19. The molecular formula is C15H14F6N4O4S2. The molecule has 0 aliphatic heterocycles. The normalized spacial score (nSPS) is 12.9. The number of thiazole rings is 1. The molecule has 16 heteroatoms. The molecule has 0 saturated carbocycles. The Bertz CT molecular complexity index is 978. The predicted octanol–water partition coefficient (Wildman–Crippen LogP) is 3.92. The van der Waals surface area contributed by atoms with Crippen molar-refractivity contribution in [2.75, 3.05) is 16.6 Å². The second kappa shape index (κ2) is 8.78. The monoisotopic (exact) mass is 492 g/mol. The van der Waals surface area contributed by atoms with Crippen LogP contribution in [0.4, 0.5) is 42.0 Å². The number of alkyl carbamates (subject to hydrolysis) is 1. The van der Waals surface area contributed by atoms with E-state index >= 15 is 0 Å². The van der Waals surface area contributed by atoms with E-state index in [1.54, 1.807) is 0 Å². The molecule has 1 aromatic heterocycles. The predicted molar refractivity (Wildman–Crippen MR) is 98.0 cm³/mol. The molecule has 0 saturated heterocycles. The molecule has 3 N–H and O–H groups in total. The van der Waals surface area contributed by atoms with E-state index < -0.39 is 51.3 Å². The van der Waals surface area contributed by atoms with Crippen LogP contribution in [0.15, 0.2) is 40.7 Å². The molecule has 0 aliphatic carbocycles. The lowest BCUT2D eigenvalue weighted by molar-refractivity contribution is -0.294. The zero-order valence-corrected chi connectivity index (χ0v) is 17.0. The first kappa shape index (κ1) is 24.5. The van der Waals surface area contributed by atoms with Gasteiger partial charge in [-0.2, -0.15) is 26.3 Å². The van der Waals surface area contributed by atoms with E-state index in [0.717, 1.165) is 28.8 Å². The fraction of sp³-hybridized carbons (Fsp3) is 0.333. The summed E-state index contributed by atoms with van der Waals surface area (Å²) >= 11 is 0.955. The number of alkyl halides is 6. The molecule has 31 heavy (non-hydrogen) atoms. The van der Waals surface area contributed by atoms with Gasteiger partial charge in [0.1, 0.15) is 0 Å². The van der Waals surface area contributed by atoms with E-state index in [9.17, 15) is 39.6 Å². The second-order valence-corrected chi connectivity index (χ2v) is 8.26. The van der Waals surface area contributed by atoms with Gasteiger partial charge in [0.2, 0.25) is 0 Å². The maximum Gasteiger partial charge on any atom is 0.439 e. The molecule has 2 aromatic rings. The highest BCUT2D eigenvalue weighted by Gasteiger charge is 2.73. The van der Waals surface area contributed by atoms with E-state index in [4.69, 9.17) is 0 Å². The first-order valence-corrected chi connectivity index (χ1v) is 10.5. The van der Waals surface area contributed by atoms with Gasteiger partial charge in [-0.1, -0.05) is 0 Å². The van der Waals surface area contributed by atoms with Crippen LogP contribution in [0.5, 0.6) is 0 Å². The highest BCUT2D eigenvalue weighted by molar-refractivity contribution is 7.93. The average Bonchev–Trinajstić information content (AvgIpc) is 3.12. The van der Waals surface area contributed by atoms with Gasteiger partial charge in [0, 0.05) is 17.3 Å². The molecule has 1 aromatic carbocycles. The van der Waals surface area contributed by atoms with Crippen LogP contribution in [0.2, 0.25) is 0 Å². The highest BCUT2D eigenvalue weighted by Crippen LogP contribution is 2.43. The molecule has 0 fully saturated rings. The number of rotatable bonds is 7. The highest BCUT2D eigenvalue weighted by atomic mass is 32.2. The molecule has 0 radical (unpaired) electrons. The summed E-state index contributed by atoms with van der Waals surface area (Å²) in [4.78, 5) is 14.7. The Labute approximate surface area is 175 Å². The van der Waals surface area contributed by atoms with Crippen LogP contribution in [-0.4, -0.2) is 44.1 Å². The van der Waals surface area contributed by atoms with Crippen molar-refractivity contribution in [2.45, 2.75) is 29.8 Å². The molecule has 1 heterocycles. The number of nitrogens with zero attached hydrogens (tertiary/aromatic N) is 1. The number of carbonyl (C=O) groups excluding carboxylic acids is 1. The van der Waals surface area contributed by atoms with Gasteiger partial charge in [0.15, 0.2) is 5.13 Å². The Morgan fingerprint density at radius 2 is 1.68 bits per heavy atom. The van der Waals surface area contributed by atoms with Crippen LogP contribution < -0.4 is 15.4 Å². The van der Waals surface area contributed by atoms with Crippen LogP contribution in [0.1, 0.15) is 6.92 Å². The van der Waals surface area contributed by atoms with E-state index in [1.165, 1.54) is 23.8 Å². The molecular weight excluding hydrogens is 478 g/mol. The van der Waals surface area contributed by atoms with Crippen molar-refractivity contribution in [3.05, 3.63) is 35.8 Å². The van der Waals surface area contributed by atoms with Crippen molar-refractivity contribution >= 4 is 38.3 Å². The molecule has 172 valence electrons. The summed E-state index contributed by atoms with van der Waals surface area (Å²) in [6.07, 6.45) is -12.7. The number of hydrogen-bond donors (Lipinski definition) is 3. The van der Waals surface area contributed by atoms with Crippen LogP contribution >= 0.6 is 11.3 Å². The van der Waals surface area contributed by atoms with Crippen molar-refractivity contribution in [3.63, 3.8) is 0 Å². The molecule has 1 amide bonds. The summed E-state index contributed by atoms with van der Waals surface area (Å²) in [6, 6.07) is 2.91. The van der Waals surface area contributed by atoms with E-state index in [0.29, 0.717) is 12.1 Å². The quantitative estimate of drug-likeness (QED) is 0.399. The van der Waals surface area contributed by atoms with Gasteiger partial charge in [-0.05, 0) is 31.2 Å². The van der Waals surface area contributed by atoms with Crippen LogP contribution in [0, 0.1) is 0 Å². The summed E-state index contributed by atoms with van der Waals surface area (Å²) < 4.78 is 112. The van der Waals surface area contributed by atoms with E-state index in [1.807, 2.05) is 0 Å². The van der Waals surface area contributed by atoms with Crippen LogP contribution in [0.25, 0.3) is 0 Å². The Morgan fingerprint density at radius 1 is 1.10 bits per heavy atom. The summed E-state index contributed by atoms with van der Waals surface area (Å²) in [5, 5.41) is 3.46. The van der Waals surface area contributed by atoms with Crippen molar-refractivity contribution in [1.82, 2.24) is 10.3 Å². The van der Waals surface area contributed by atoms with Crippen molar-refractivity contribution < 1.29 is 44.3 Å². The molecule has 2 rings (SSSR count). The lowest BCUT2D eigenvalue weighted by Gasteiger charge is -2.38. The Kier molecular flexibility index (Phi) is 6.94. The van der Waals surface area contributed by atoms with E-state index in [2.05, 4.69) is 14.4 Å². The summed E-state index contributed by atoms with van der Waals surface area (Å²) in [5.74, 6) is 0. The topological polar surface area (TPSA) is 109 Å². The van der Waals surface area contributed by atoms with Crippen LogP contribution in [-0.2, 0) is 14.8 Å². The van der Waals surface area contributed by atoms with Gasteiger partial charge < -0.3 is 10.1 Å². The molecule has 0 atom stereocenters. The van der Waals surface area contributed by atoms with E-state index in [-0.39, 0.29) is 5.13 Å². The maximum atomic E-state index is 13.5. The number of nitrogens with one attached hydrogen (secondary N) is 3. The largest absolute Gasteiger partial charge is 0.450 e. The number of carbonyl (C=O) groups is 1. The fourth-order valence-corrected chi connectivity index (χ4v) is 3.97. The first-order chi connectivity index (χ1) is 14.2. The average molecular weight is 492 g/mol. The van der Waals surface area contributed by atoms with Crippen molar-refractivity contribution in [3.8, 4) is 0 Å². The first-order valence-electron chi connectivity index (χ1n) is 8.11. The third kappa shape index (κ3) is 5.49. The maximum absolute atomic E-state index is 13.5. The van der Waals surface area contributed by atoms with Gasteiger partial charge in [0.05, 0.1) is 11.5 Å². The minimum Gasteiger partial charge on any atom is -0.450 e. The third-order valence-electron chi connectivity index (χ3n) is 3.57. The number of ether oxygens (including phenoxy) is 1. The molecule has 8 nitrogen and oxygen atoms in total. The van der Waals surface area contributed by atoms with Crippen molar-refractivity contribution in [1.29, 1.82) is 0 Å². The number of benzene rings is 1. The summed E-state index contributed by atoms with van der Waals surface area (Å²) in [6.45, 7) is 0.713. The number of hydrogen-bond acceptors (Lipinski definition) is 7. The minimum absolute atomic E-state index is 0.00833. The standard InChI is InChI=1S/C15H14F6N4O4S2/c1-2-29-12(26)24-13(14(16,17)18,15(19,20)21)23-9-3-5-10(6-4-9)31(27,28)25-11-22-7-8-30-11/h3-8,23H,2H2,1H3,(H,22,25)(H,24,26). The molecule has 0 bridgehead atoms. The molecule has 0 unspecified atom stereocenters. The van der Waals surface area contributed by atoms with Gasteiger partial charge in [0.25, 0.3) is 10.0 Å². The number of amides is 1. The lowest BCUT2D eigenvalue weighted by Crippen LogP contribution is -2.72. The number of halogens is 6. The van der Waals surface area contributed by atoms with Crippen LogP contribution in [0.3, 0.4) is 0 Å². The third-order valence-corrected chi connectivity index (χ3v) is 5.74. The zero-order chi connectivity index (χ0) is 23.5. The number of aromatic nitrogens is 1. The molecule has 0 spiro atoms. The SMILES string of the molecule is CCOC(=O)NC(Nc1ccc(S(=O)(=O)Nc2nccs2)cc1)(C(F)(F)F)C(F)(F)F. The molecule has 0 aliphatic rings. The zero-order valence-electron chi connectivity index (χ0n) is 15.3. The number of anilines is 2.